The van der Waals surface area contributed by atoms with Crippen LogP contribution in [0.3, 0.4) is 0 Å². The molecule has 4 heteroatoms. The minimum atomic E-state index is 0.0730. The van der Waals surface area contributed by atoms with E-state index >= 15 is 0 Å². The van der Waals surface area contributed by atoms with Crippen molar-refractivity contribution < 1.29 is 4.74 Å². The monoisotopic (exact) mass is 271 g/mol. The third-order valence-electron chi connectivity index (χ3n) is 3.29. The van der Waals surface area contributed by atoms with Crippen molar-refractivity contribution in [2.45, 2.75) is 26.3 Å². The summed E-state index contributed by atoms with van der Waals surface area (Å²) in [5, 5.41) is 0. The van der Waals surface area contributed by atoms with Crippen LogP contribution in [0, 0.1) is 13.8 Å². The lowest BCUT2D eigenvalue weighted by Crippen LogP contribution is -2.29. The molecule has 0 spiro atoms. The largest absolute Gasteiger partial charge is 0.481 e. The molecule has 1 aromatic carbocycles. The smallest absolute Gasteiger partial charge is 0.212 e. The molecule has 0 saturated carbocycles. The van der Waals surface area contributed by atoms with Crippen LogP contribution < -0.4 is 16.0 Å². The summed E-state index contributed by atoms with van der Waals surface area (Å²) in [6, 6.07) is 10.4. The number of rotatable bonds is 5. The zero-order chi connectivity index (χ0) is 14.5. The highest BCUT2D eigenvalue weighted by Crippen LogP contribution is 2.21. The fourth-order valence-corrected chi connectivity index (χ4v) is 2.37. The third kappa shape index (κ3) is 3.56. The molecule has 106 valence electrons. The van der Waals surface area contributed by atoms with Crippen LogP contribution in [0.15, 0.2) is 36.5 Å². The second-order valence-corrected chi connectivity index (χ2v) is 5.05. The van der Waals surface area contributed by atoms with Crippen molar-refractivity contribution in [3.63, 3.8) is 0 Å². The number of benzene rings is 1. The van der Waals surface area contributed by atoms with Gasteiger partial charge in [0.1, 0.15) is 0 Å². The molecule has 1 heterocycles. The molecule has 0 bridgehead atoms. The fourth-order valence-electron chi connectivity index (χ4n) is 2.37. The highest BCUT2D eigenvalue weighted by atomic mass is 16.5. The number of hydrogen-bond acceptors (Lipinski definition) is 4. The molecule has 0 amide bonds. The van der Waals surface area contributed by atoms with E-state index in [1.807, 2.05) is 18.3 Å². The molecular weight excluding hydrogens is 250 g/mol. The predicted octanol–water partition coefficient (Wildman–Crippen LogP) is 2.45. The Balaban J connectivity index is 2.19. The Hall–Kier alpha value is -1.91. The first-order valence-electron chi connectivity index (χ1n) is 6.65. The summed E-state index contributed by atoms with van der Waals surface area (Å²) < 4.78 is 5.07. The summed E-state index contributed by atoms with van der Waals surface area (Å²) in [6.45, 7) is 4.19. The maximum absolute atomic E-state index is 5.71. The second-order valence-electron chi connectivity index (χ2n) is 5.05. The van der Waals surface area contributed by atoms with E-state index < -0.39 is 0 Å². The van der Waals surface area contributed by atoms with E-state index in [0.717, 1.165) is 12.0 Å². The highest BCUT2D eigenvalue weighted by Gasteiger charge is 2.12. The number of methoxy groups -OCH3 is 1. The molecule has 1 atom stereocenters. The van der Waals surface area contributed by atoms with E-state index in [4.69, 9.17) is 10.6 Å². The van der Waals surface area contributed by atoms with E-state index in [1.165, 1.54) is 16.7 Å². The summed E-state index contributed by atoms with van der Waals surface area (Å²) in [5.41, 5.74) is 7.69. The first-order valence-corrected chi connectivity index (χ1v) is 6.65. The van der Waals surface area contributed by atoms with Gasteiger partial charge in [0.2, 0.25) is 5.88 Å². The molecule has 0 fully saturated rings. The second kappa shape index (κ2) is 6.50. The summed E-state index contributed by atoms with van der Waals surface area (Å²) >= 11 is 0. The van der Waals surface area contributed by atoms with Crippen molar-refractivity contribution in [1.82, 2.24) is 10.4 Å². The van der Waals surface area contributed by atoms with Gasteiger partial charge in [-0.3, -0.25) is 11.3 Å². The topological polar surface area (TPSA) is 60.2 Å². The number of aryl methyl sites for hydroxylation is 2. The van der Waals surface area contributed by atoms with E-state index in [9.17, 15) is 0 Å². The lowest BCUT2D eigenvalue weighted by Gasteiger charge is -2.17. The van der Waals surface area contributed by atoms with Crippen molar-refractivity contribution in [2.24, 2.45) is 5.84 Å². The van der Waals surface area contributed by atoms with Crippen molar-refractivity contribution in [3.05, 3.63) is 58.8 Å². The van der Waals surface area contributed by atoms with Crippen LogP contribution in [-0.4, -0.2) is 12.1 Å². The molecule has 1 aromatic heterocycles. The van der Waals surface area contributed by atoms with Crippen LogP contribution in [0.5, 0.6) is 5.88 Å². The zero-order valence-corrected chi connectivity index (χ0v) is 12.2. The van der Waals surface area contributed by atoms with Crippen molar-refractivity contribution in [2.75, 3.05) is 7.11 Å². The Kier molecular flexibility index (Phi) is 4.71. The summed E-state index contributed by atoms with van der Waals surface area (Å²) in [4.78, 5) is 4.22. The number of aromatic nitrogens is 1. The Morgan fingerprint density at radius 1 is 1.20 bits per heavy atom. The highest BCUT2D eigenvalue weighted by molar-refractivity contribution is 5.32. The van der Waals surface area contributed by atoms with Crippen LogP contribution in [0.2, 0.25) is 0 Å². The molecule has 0 aliphatic rings. The quantitative estimate of drug-likeness (QED) is 0.648. The van der Waals surface area contributed by atoms with Gasteiger partial charge in [-0.1, -0.05) is 35.4 Å². The predicted molar refractivity (Wildman–Crippen MR) is 80.5 cm³/mol. The molecule has 2 aromatic rings. The Morgan fingerprint density at radius 3 is 2.40 bits per heavy atom. The first-order chi connectivity index (χ1) is 9.62. The van der Waals surface area contributed by atoms with E-state index in [-0.39, 0.29) is 6.04 Å². The molecule has 0 saturated heterocycles. The number of nitrogens with two attached hydrogens (primary N) is 1. The van der Waals surface area contributed by atoms with Crippen LogP contribution in [0.25, 0.3) is 0 Å². The number of nitrogens with one attached hydrogen (secondary N) is 1. The SMILES string of the molecule is COc1ccc(CC(NN)c2cc(C)cc(C)c2)cn1. The Morgan fingerprint density at radius 2 is 1.90 bits per heavy atom. The van der Waals surface area contributed by atoms with Gasteiger partial charge in [-0.05, 0) is 31.4 Å². The maximum Gasteiger partial charge on any atom is 0.212 e. The molecule has 1 unspecified atom stereocenters. The van der Waals surface area contributed by atoms with E-state index in [0.29, 0.717) is 5.88 Å². The summed E-state index contributed by atoms with van der Waals surface area (Å²) in [6.07, 6.45) is 2.61. The van der Waals surface area contributed by atoms with Crippen molar-refractivity contribution in [3.8, 4) is 5.88 Å². The van der Waals surface area contributed by atoms with Crippen LogP contribution in [0.1, 0.15) is 28.3 Å². The third-order valence-corrected chi connectivity index (χ3v) is 3.29. The Labute approximate surface area is 120 Å². The lowest BCUT2D eigenvalue weighted by molar-refractivity contribution is 0.397. The number of nitrogens with zero attached hydrogens (tertiary/aromatic N) is 1. The van der Waals surface area contributed by atoms with Gasteiger partial charge in [-0.15, -0.1) is 0 Å². The lowest BCUT2D eigenvalue weighted by atomic mass is 9.97. The number of ether oxygens (including phenoxy) is 1. The summed E-state index contributed by atoms with van der Waals surface area (Å²) in [7, 11) is 1.61. The fraction of sp³-hybridized carbons (Fsp3) is 0.312. The van der Waals surface area contributed by atoms with Gasteiger partial charge in [-0.25, -0.2) is 4.98 Å². The van der Waals surface area contributed by atoms with Gasteiger partial charge < -0.3 is 4.74 Å². The van der Waals surface area contributed by atoms with Gasteiger partial charge in [0.05, 0.1) is 13.2 Å². The van der Waals surface area contributed by atoms with Crippen molar-refractivity contribution >= 4 is 0 Å². The number of hydrazine groups is 1. The molecule has 0 radical (unpaired) electrons. The minimum absolute atomic E-state index is 0.0730. The van der Waals surface area contributed by atoms with Gasteiger partial charge in [0.25, 0.3) is 0 Å². The summed E-state index contributed by atoms with van der Waals surface area (Å²) in [5.74, 6) is 6.34. The van der Waals surface area contributed by atoms with Crippen LogP contribution in [0.4, 0.5) is 0 Å². The Bertz CT molecular complexity index is 546. The van der Waals surface area contributed by atoms with Crippen molar-refractivity contribution in [1.29, 1.82) is 0 Å². The number of hydrogen-bond donors (Lipinski definition) is 2. The molecular formula is C16H21N3O. The van der Waals surface area contributed by atoms with Crippen LogP contribution >= 0.6 is 0 Å². The average molecular weight is 271 g/mol. The molecule has 0 aliphatic heterocycles. The van der Waals surface area contributed by atoms with Gasteiger partial charge in [0.15, 0.2) is 0 Å². The van der Waals surface area contributed by atoms with Gasteiger partial charge in [0, 0.05) is 12.3 Å². The molecule has 3 N–H and O–H groups in total. The van der Waals surface area contributed by atoms with Crippen LogP contribution in [-0.2, 0) is 6.42 Å². The first kappa shape index (κ1) is 14.5. The number of pyridine rings is 1. The molecule has 4 nitrogen and oxygen atoms in total. The minimum Gasteiger partial charge on any atom is -0.481 e. The molecule has 2 rings (SSSR count). The van der Waals surface area contributed by atoms with E-state index in [1.54, 1.807) is 7.11 Å². The van der Waals surface area contributed by atoms with E-state index in [2.05, 4.69) is 42.5 Å². The van der Waals surface area contributed by atoms with Gasteiger partial charge in [-0.2, -0.15) is 0 Å². The maximum atomic E-state index is 5.71. The zero-order valence-electron chi connectivity index (χ0n) is 12.2. The standard InChI is InChI=1S/C16H21N3O/c1-11-6-12(2)8-14(7-11)15(19-17)9-13-4-5-16(20-3)18-10-13/h4-8,10,15,19H,9,17H2,1-3H3. The normalized spacial score (nSPS) is 12.2. The van der Waals surface area contributed by atoms with Gasteiger partial charge >= 0.3 is 0 Å². The molecule has 0 aliphatic carbocycles. The molecule has 20 heavy (non-hydrogen) atoms. The average Bonchev–Trinajstić information content (AvgIpc) is 2.44.